The molecule has 0 aliphatic carbocycles. The lowest BCUT2D eigenvalue weighted by atomic mass is 10.1. The van der Waals surface area contributed by atoms with Gasteiger partial charge in [0.2, 0.25) is 0 Å². The van der Waals surface area contributed by atoms with Gasteiger partial charge in [-0.2, -0.15) is 13.2 Å². The minimum Gasteiger partial charge on any atom is -0.409 e. The highest BCUT2D eigenvalue weighted by Gasteiger charge is 2.42. The number of nitrogens with two attached hydrogens (primary N) is 1. The Labute approximate surface area is 114 Å². The van der Waals surface area contributed by atoms with E-state index in [9.17, 15) is 13.2 Å². The third kappa shape index (κ3) is 4.41. The van der Waals surface area contributed by atoms with Crippen molar-refractivity contribution in [2.24, 2.45) is 16.8 Å². The molecule has 18 heavy (non-hydrogen) atoms. The molecule has 1 unspecified atom stereocenters. The summed E-state index contributed by atoms with van der Waals surface area (Å²) in [5.74, 6) is -3.12. The summed E-state index contributed by atoms with van der Waals surface area (Å²) in [4.78, 5) is 0.679. The topological polar surface area (TPSA) is 58.6 Å². The summed E-state index contributed by atoms with van der Waals surface area (Å²) in [7, 11) is 0. The van der Waals surface area contributed by atoms with Crippen LogP contribution in [0.15, 0.2) is 38.8 Å². The van der Waals surface area contributed by atoms with Gasteiger partial charge in [-0.1, -0.05) is 21.1 Å². The average Bonchev–Trinajstić information content (AvgIpc) is 2.29. The molecule has 1 atom stereocenters. The molecule has 1 aromatic carbocycles. The maximum atomic E-state index is 12.6. The maximum absolute atomic E-state index is 12.6. The molecule has 0 aliphatic rings. The number of halogens is 4. The van der Waals surface area contributed by atoms with Crippen LogP contribution in [0.3, 0.4) is 0 Å². The number of nitrogens with zero attached hydrogens (tertiary/aromatic N) is 1. The monoisotopic (exact) mass is 342 g/mol. The maximum Gasteiger partial charge on any atom is 0.399 e. The van der Waals surface area contributed by atoms with Crippen LogP contribution in [-0.2, 0) is 0 Å². The number of rotatable bonds is 4. The van der Waals surface area contributed by atoms with Crippen LogP contribution in [0, 0.1) is 5.92 Å². The molecular formula is C10H10BrF3N2OS. The average molecular weight is 343 g/mol. The second kappa shape index (κ2) is 6.33. The number of benzene rings is 1. The number of hydrogen-bond acceptors (Lipinski definition) is 3. The highest BCUT2D eigenvalue weighted by molar-refractivity contribution is 9.10. The number of oxime groups is 1. The Kier molecular flexibility index (Phi) is 5.33. The van der Waals surface area contributed by atoms with Crippen molar-refractivity contribution in [2.75, 3.05) is 5.75 Å². The highest BCUT2D eigenvalue weighted by Crippen LogP contribution is 2.32. The van der Waals surface area contributed by atoms with Gasteiger partial charge < -0.3 is 10.9 Å². The predicted molar refractivity (Wildman–Crippen MR) is 67.8 cm³/mol. The Bertz CT molecular complexity index is 422. The Hall–Kier alpha value is -0.890. The SMILES string of the molecule is N/C(=N/O)C(CSc1ccc(Br)cc1)C(F)(F)F. The molecule has 0 spiro atoms. The van der Waals surface area contributed by atoms with Crippen molar-refractivity contribution in [3.8, 4) is 0 Å². The van der Waals surface area contributed by atoms with Crippen LogP contribution in [0.2, 0.25) is 0 Å². The molecule has 0 heterocycles. The highest BCUT2D eigenvalue weighted by atomic mass is 79.9. The Morgan fingerprint density at radius 2 is 1.94 bits per heavy atom. The summed E-state index contributed by atoms with van der Waals surface area (Å²) >= 11 is 4.23. The normalized spacial score (nSPS) is 14.6. The third-order valence-corrected chi connectivity index (χ3v) is 3.73. The summed E-state index contributed by atoms with van der Waals surface area (Å²) in [5, 5.41) is 10.8. The van der Waals surface area contributed by atoms with Crippen LogP contribution < -0.4 is 5.73 Å². The van der Waals surface area contributed by atoms with Gasteiger partial charge in [0.05, 0.1) is 0 Å². The van der Waals surface area contributed by atoms with E-state index in [4.69, 9.17) is 10.9 Å². The van der Waals surface area contributed by atoms with E-state index in [1.165, 1.54) is 0 Å². The number of hydrogen-bond donors (Lipinski definition) is 2. The second-order valence-corrected chi connectivity index (χ2v) is 5.39. The molecule has 0 radical (unpaired) electrons. The second-order valence-electron chi connectivity index (χ2n) is 3.38. The van der Waals surface area contributed by atoms with E-state index in [2.05, 4.69) is 21.1 Å². The number of alkyl halides is 3. The third-order valence-electron chi connectivity index (χ3n) is 2.10. The first-order valence-corrected chi connectivity index (χ1v) is 6.55. The molecule has 1 aromatic rings. The van der Waals surface area contributed by atoms with Crippen LogP contribution in [0.25, 0.3) is 0 Å². The smallest absolute Gasteiger partial charge is 0.399 e. The van der Waals surface area contributed by atoms with Crippen molar-refractivity contribution in [1.29, 1.82) is 0 Å². The summed E-state index contributed by atoms with van der Waals surface area (Å²) in [5.41, 5.74) is 5.05. The van der Waals surface area contributed by atoms with E-state index in [-0.39, 0.29) is 5.75 Å². The van der Waals surface area contributed by atoms with Gasteiger partial charge in [-0.3, -0.25) is 0 Å². The summed E-state index contributed by atoms with van der Waals surface area (Å²) in [6.07, 6.45) is -4.53. The van der Waals surface area contributed by atoms with Crippen molar-refractivity contribution in [2.45, 2.75) is 11.1 Å². The van der Waals surface area contributed by atoms with Crippen LogP contribution in [0.1, 0.15) is 0 Å². The standard InChI is InChI=1S/C10H10BrF3N2OS/c11-6-1-3-7(4-2-6)18-5-8(9(15)16-17)10(12,13)14/h1-4,8,17H,5H2,(H2,15,16). The molecule has 3 nitrogen and oxygen atoms in total. The molecule has 0 bridgehead atoms. The van der Waals surface area contributed by atoms with Crippen LogP contribution in [-0.4, -0.2) is 23.0 Å². The molecule has 0 fully saturated rings. The van der Waals surface area contributed by atoms with Crippen molar-refractivity contribution in [1.82, 2.24) is 0 Å². The lowest BCUT2D eigenvalue weighted by Gasteiger charge is -2.18. The molecule has 0 aromatic heterocycles. The van der Waals surface area contributed by atoms with Gasteiger partial charge in [-0.05, 0) is 24.3 Å². The molecule has 0 saturated heterocycles. The fourth-order valence-electron chi connectivity index (χ4n) is 1.13. The van der Waals surface area contributed by atoms with Crippen molar-refractivity contribution in [3.63, 3.8) is 0 Å². The lowest BCUT2D eigenvalue weighted by molar-refractivity contribution is -0.150. The van der Waals surface area contributed by atoms with E-state index in [0.717, 1.165) is 16.2 Å². The zero-order chi connectivity index (χ0) is 13.8. The first kappa shape index (κ1) is 15.2. The minimum absolute atomic E-state index is 0.332. The van der Waals surface area contributed by atoms with Gasteiger partial charge in [-0.25, -0.2) is 0 Å². The molecule has 8 heteroatoms. The lowest BCUT2D eigenvalue weighted by Crippen LogP contribution is -2.37. The number of thioether (sulfide) groups is 1. The van der Waals surface area contributed by atoms with Gasteiger partial charge in [0.1, 0.15) is 5.92 Å². The molecule has 1 rings (SSSR count). The first-order valence-electron chi connectivity index (χ1n) is 4.77. The molecule has 0 amide bonds. The zero-order valence-corrected chi connectivity index (χ0v) is 11.4. The molecule has 100 valence electrons. The molecular weight excluding hydrogens is 333 g/mol. The minimum atomic E-state index is -4.53. The van der Waals surface area contributed by atoms with E-state index in [1.807, 2.05) is 0 Å². The van der Waals surface area contributed by atoms with E-state index < -0.39 is 17.9 Å². The van der Waals surface area contributed by atoms with Gasteiger partial charge in [0.15, 0.2) is 5.84 Å². The molecule has 0 saturated carbocycles. The Balaban J connectivity index is 2.71. The van der Waals surface area contributed by atoms with E-state index in [0.29, 0.717) is 4.90 Å². The summed E-state index contributed by atoms with van der Waals surface area (Å²) in [6.45, 7) is 0. The van der Waals surface area contributed by atoms with Crippen molar-refractivity contribution in [3.05, 3.63) is 28.7 Å². The predicted octanol–water partition coefficient (Wildman–Crippen LogP) is 3.47. The van der Waals surface area contributed by atoms with E-state index >= 15 is 0 Å². The van der Waals surface area contributed by atoms with Gasteiger partial charge in [0, 0.05) is 15.1 Å². The van der Waals surface area contributed by atoms with Crippen molar-refractivity contribution < 1.29 is 18.4 Å². The molecule has 0 aliphatic heterocycles. The Morgan fingerprint density at radius 1 is 1.39 bits per heavy atom. The first-order chi connectivity index (χ1) is 8.34. The van der Waals surface area contributed by atoms with Gasteiger partial charge in [-0.15, -0.1) is 11.8 Å². The fraction of sp³-hybridized carbons (Fsp3) is 0.300. The summed E-state index contributed by atoms with van der Waals surface area (Å²) < 4.78 is 38.7. The molecule has 3 N–H and O–H groups in total. The van der Waals surface area contributed by atoms with Crippen LogP contribution in [0.4, 0.5) is 13.2 Å². The fourth-order valence-corrected chi connectivity index (χ4v) is 2.44. The Morgan fingerprint density at radius 3 is 2.39 bits per heavy atom. The van der Waals surface area contributed by atoms with Crippen LogP contribution in [0.5, 0.6) is 0 Å². The van der Waals surface area contributed by atoms with E-state index in [1.54, 1.807) is 24.3 Å². The van der Waals surface area contributed by atoms with Crippen LogP contribution >= 0.6 is 27.7 Å². The van der Waals surface area contributed by atoms with Gasteiger partial charge >= 0.3 is 6.18 Å². The van der Waals surface area contributed by atoms with Crippen molar-refractivity contribution >= 4 is 33.5 Å². The number of amidine groups is 1. The summed E-state index contributed by atoms with van der Waals surface area (Å²) in [6, 6.07) is 6.84. The quantitative estimate of drug-likeness (QED) is 0.289. The van der Waals surface area contributed by atoms with Gasteiger partial charge in [0.25, 0.3) is 0 Å². The zero-order valence-electron chi connectivity index (χ0n) is 8.99. The largest absolute Gasteiger partial charge is 0.409 e.